The first-order valence-electron chi connectivity index (χ1n) is 10.5. The Morgan fingerprint density at radius 2 is 1.65 bits per heavy atom. The summed E-state index contributed by atoms with van der Waals surface area (Å²) in [5, 5.41) is 10.0. The van der Waals surface area contributed by atoms with Gasteiger partial charge in [-0.1, -0.05) is 40.9 Å². The van der Waals surface area contributed by atoms with E-state index in [0.717, 1.165) is 24.4 Å². The average Bonchev–Trinajstić information content (AvgIpc) is 2.87. The lowest BCUT2D eigenvalue weighted by atomic mass is 9.95. The highest BCUT2D eigenvalue weighted by Crippen LogP contribution is 2.42. The number of hydrogen-bond acceptors (Lipinski definition) is 5. The molecule has 1 unspecified atom stereocenters. The predicted octanol–water partition coefficient (Wildman–Crippen LogP) is 8.38. The van der Waals surface area contributed by atoms with Crippen LogP contribution in [0, 0.1) is 10.1 Å². The summed E-state index contributed by atoms with van der Waals surface area (Å²) in [5.41, 5.74) is -1.12. The maximum atomic E-state index is 15.0. The third-order valence-electron chi connectivity index (χ3n) is 5.15. The first-order valence-corrected chi connectivity index (χ1v) is 11.6. The Morgan fingerprint density at radius 3 is 2.20 bits per heavy atom. The van der Waals surface area contributed by atoms with E-state index in [9.17, 15) is 45.6 Å². The lowest BCUT2D eigenvalue weighted by Gasteiger charge is -2.19. The highest BCUT2D eigenvalue weighted by Gasteiger charge is 2.41. The molecular weight excluding hydrogens is 620 g/mol. The van der Waals surface area contributed by atoms with Gasteiger partial charge in [0.25, 0.3) is 5.91 Å². The predicted molar refractivity (Wildman–Crippen MR) is 133 cm³/mol. The van der Waals surface area contributed by atoms with E-state index in [1.165, 1.54) is 6.07 Å². The van der Waals surface area contributed by atoms with Crippen molar-refractivity contribution in [1.29, 1.82) is 0 Å². The maximum Gasteiger partial charge on any atom is 0.417 e. The van der Waals surface area contributed by atoms with E-state index >= 15 is 0 Å². The van der Waals surface area contributed by atoms with Crippen molar-refractivity contribution in [2.45, 2.75) is 18.3 Å². The van der Waals surface area contributed by atoms with Crippen LogP contribution in [0.4, 0.5) is 42.2 Å². The molecule has 0 aliphatic heterocycles. The van der Waals surface area contributed by atoms with Gasteiger partial charge in [0.05, 0.1) is 31.1 Å². The van der Waals surface area contributed by atoms with Gasteiger partial charge in [0.15, 0.2) is 0 Å². The molecule has 0 saturated carbocycles. The Kier molecular flexibility index (Phi) is 9.17. The second kappa shape index (κ2) is 11.9. The number of nitro groups is 1. The van der Waals surface area contributed by atoms with Gasteiger partial charge in [-0.2, -0.15) is 26.3 Å². The van der Waals surface area contributed by atoms with E-state index in [-0.39, 0.29) is 27.2 Å². The van der Waals surface area contributed by atoms with Crippen molar-refractivity contribution in [3.05, 3.63) is 102 Å². The smallest absolute Gasteiger partial charge is 0.276 e. The number of rotatable bonds is 7. The van der Waals surface area contributed by atoms with E-state index in [1.54, 1.807) is 0 Å². The highest BCUT2D eigenvalue weighted by atomic mass is 35.5. The molecule has 0 aliphatic carbocycles. The van der Waals surface area contributed by atoms with Crippen LogP contribution in [0.25, 0.3) is 5.83 Å². The average molecular weight is 632 g/mol. The highest BCUT2D eigenvalue weighted by molar-refractivity contribution is 6.48. The van der Waals surface area contributed by atoms with Gasteiger partial charge in [0.2, 0.25) is 5.82 Å². The molecule has 7 nitrogen and oxygen atoms in total. The van der Waals surface area contributed by atoms with Gasteiger partial charge in [-0.3, -0.25) is 25.8 Å². The second-order valence-corrected chi connectivity index (χ2v) is 8.99. The van der Waals surface area contributed by atoms with Crippen molar-refractivity contribution in [1.82, 2.24) is 10.4 Å². The molecule has 40 heavy (non-hydrogen) atoms. The fourth-order valence-electron chi connectivity index (χ4n) is 3.33. The Balaban J connectivity index is 1.99. The van der Waals surface area contributed by atoms with Crippen LogP contribution in [0.5, 0.6) is 0 Å². The summed E-state index contributed by atoms with van der Waals surface area (Å²) < 4.78 is 97.6. The molecule has 17 heteroatoms. The number of nitrogens with zero attached hydrogens (tertiary/aromatic N) is 2. The third-order valence-corrected chi connectivity index (χ3v) is 6.35. The van der Waals surface area contributed by atoms with Crippen molar-refractivity contribution in [3.8, 4) is 0 Å². The Morgan fingerprint density at radius 1 is 1.02 bits per heavy atom. The van der Waals surface area contributed by atoms with Gasteiger partial charge in [0, 0.05) is 17.8 Å². The van der Waals surface area contributed by atoms with Gasteiger partial charge in [0.1, 0.15) is 11.7 Å². The van der Waals surface area contributed by atoms with Crippen LogP contribution >= 0.6 is 34.8 Å². The van der Waals surface area contributed by atoms with E-state index in [0.29, 0.717) is 12.1 Å². The van der Waals surface area contributed by atoms with Crippen LogP contribution in [0.1, 0.15) is 33.0 Å². The molecule has 3 rings (SSSR count). The number of aromatic nitrogens is 1. The maximum absolute atomic E-state index is 15.0. The van der Waals surface area contributed by atoms with Crippen LogP contribution in [0.3, 0.4) is 0 Å². The number of anilines is 1. The topological polar surface area (TPSA) is 97.2 Å². The summed E-state index contributed by atoms with van der Waals surface area (Å²) in [4.78, 5) is 26.2. The molecule has 2 N–H and O–H groups in total. The summed E-state index contributed by atoms with van der Waals surface area (Å²) in [7, 11) is 0. The van der Waals surface area contributed by atoms with Gasteiger partial charge in [-0.25, -0.2) is 9.37 Å². The molecule has 1 aromatic heterocycles. The number of allylic oxidation sites excluding steroid dienone is 1. The quantitative estimate of drug-likeness (QED) is 0.118. The number of pyridine rings is 1. The van der Waals surface area contributed by atoms with E-state index in [1.807, 2.05) is 10.9 Å². The van der Waals surface area contributed by atoms with Crippen LogP contribution in [-0.4, -0.2) is 22.0 Å². The normalized spacial score (nSPS) is 13.1. The van der Waals surface area contributed by atoms with Crippen LogP contribution in [0.2, 0.25) is 15.1 Å². The molecule has 0 fully saturated rings. The molecule has 1 heterocycles. The van der Waals surface area contributed by atoms with Crippen molar-refractivity contribution in [2.75, 3.05) is 5.43 Å². The van der Waals surface area contributed by atoms with Gasteiger partial charge in [-0.15, -0.1) is 0 Å². The minimum absolute atomic E-state index is 0.0207. The fraction of sp³-hybridized carbons (Fsp3) is 0.130. The standard InChI is InChI=1S/C23H12Cl3F7N4O3/c24-15-7-11(8-16(25)19(15)26)13(22(28,29)30)9-17(27)10-3-4-12(14(6-10)23(31,32)33)21(38)36-35-20-18(37(39)40)2-1-5-34-20/h1-9,13H,(H,34,35)(H,36,38)/b17-9-. The molecule has 0 aliphatic rings. The van der Waals surface area contributed by atoms with Gasteiger partial charge >= 0.3 is 18.0 Å². The SMILES string of the molecule is O=C(NNc1ncccc1[N+](=O)[O-])c1ccc(/C(F)=C/C(c2cc(Cl)c(Cl)c(Cl)c2)C(F)(F)F)cc1C(F)(F)F. The Hall–Kier alpha value is -3.62. The Labute approximate surface area is 234 Å². The summed E-state index contributed by atoms with van der Waals surface area (Å²) in [6.45, 7) is 0. The summed E-state index contributed by atoms with van der Waals surface area (Å²) in [6.07, 6.45) is -9.26. The summed E-state index contributed by atoms with van der Waals surface area (Å²) in [5.74, 6) is -6.35. The van der Waals surface area contributed by atoms with E-state index < -0.39 is 68.7 Å². The molecular formula is C23H12Cl3F7N4O3. The molecule has 1 amide bonds. The number of alkyl halides is 6. The fourth-order valence-corrected chi connectivity index (χ4v) is 3.94. The molecule has 1 atom stereocenters. The lowest BCUT2D eigenvalue weighted by Crippen LogP contribution is -2.32. The van der Waals surface area contributed by atoms with Gasteiger partial charge in [-0.05, 0) is 42.0 Å². The third kappa shape index (κ3) is 7.11. The van der Waals surface area contributed by atoms with Gasteiger partial charge < -0.3 is 0 Å². The number of hydrogen-bond donors (Lipinski definition) is 2. The van der Waals surface area contributed by atoms with Crippen LogP contribution in [-0.2, 0) is 6.18 Å². The number of halogens is 10. The molecule has 0 spiro atoms. The minimum atomic E-state index is -5.26. The van der Waals surface area contributed by atoms with Crippen LogP contribution in [0.15, 0.2) is 54.7 Å². The Bertz CT molecular complexity index is 1470. The largest absolute Gasteiger partial charge is 0.417 e. The van der Waals surface area contributed by atoms with Crippen molar-refractivity contribution < 1.29 is 40.5 Å². The van der Waals surface area contributed by atoms with Crippen molar-refractivity contribution in [2.24, 2.45) is 0 Å². The molecule has 0 bridgehead atoms. The monoisotopic (exact) mass is 630 g/mol. The number of carbonyl (C=O) groups excluding carboxylic acids is 1. The summed E-state index contributed by atoms with van der Waals surface area (Å²) in [6, 6.07) is 5.08. The van der Waals surface area contributed by atoms with Crippen LogP contribution < -0.4 is 10.9 Å². The first-order chi connectivity index (χ1) is 18.5. The van der Waals surface area contributed by atoms with E-state index in [4.69, 9.17) is 34.8 Å². The van der Waals surface area contributed by atoms with Crippen molar-refractivity contribution in [3.63, 3.8) is 0 Å². The van der Waals surface area contributed by atoms with E-state index in [2.05, 4.69) is 4.98 Å². The number of benzene rings is 2. The minimum Gasteiger partial charge on any atom is -0.276 e. The summed E-state index contributed by atoms with van der Waals surface area (Å²) >= 11 is 17.3. The molecule has 212 valence electrons. The molecule has 2 aromatic carbocycles. The second-order valence-electron chi connectivity index (χ2n) is 7.80. The number of hydrazine groups is 1. The molecule has 3 aromatic rings. The zero-order chi connectivity index (χ0) is 30.0. The molecule has 0 saturated heterocycles. The zero-order valence-electron chi connectivity index (χ0n) is 19.2. The number of amides is 1. The number of nitrogens with one attached hydrogen (secondary N) is 2. The van der Waals surface area contributed by atoms with Crippen molar-refractivity contribution >= 4 is 58.0 Å². The number of carbonyl (C=O) groups is 1. The zero-order valence-corrected chi connectivity index (χ0v) is 21.4. The molecule has 0 radical (unpaired) electrons. The first kappa shape index (κ1) is 30.9. The lowest BCUT2D eigenvalue weighted by molar-refractivity contribution is -0.384.